The first-order chi connectivity index (χ1) is 8.02. The van der Waals surface area contributed by atoms with Crippen molar-refractivity contribution in [3.05, 3.63) is 12.7 Å². The number of rotatable bonds is 8. The molecule has 5 nitrogen and oxygen atoms in total. The van der Waals surface area contributed by atoms with Crippen LogP contribution in [0.4, 0.5) is 0 Å². The van der Waals surface area contributed by atoms with E-state index in [1.165, 1.54) is 6.08 Å². The summed E-state index contributed by atoms with van der Waals surface area (Å²) in [6.07, 6.45) is 2.02. The van der Waals surface area contributed by atoms with Crippen LogP contribution in [0.2, 0.25) is 0 Å². The first kappa shape index (κ1) is 15.6. The van der Waals surface area contributed by atoms with Gasteiger partial charge in [-0.15, -0.1) is 0 Å². The van der Waals surface area contributed by atoms with E-state index < -0.39 is 18.0 Å². The summed E-state index contributed by atoms with van der Waals surface area (Å²) in [5.74, 6) is -1.21. The van der Waals surface area contributed by atoms with Crippen LogP contribution in [-0.4, -0.2) is 36.2 Å². The SMILES string of the molecule is C=CCOC(=O)CNC(=O)C(O)C(C)CCC. The summed E-state index contributed by atoms with van der Waals surface area (Å²) in [5.41, 5.74) is 0. The van der Waals surface area contributed by atoms with Crippen molar-refractivity contribution in [2.24, 2.45) is 5.92 Å². The number of ether oxygens (including phenoxy) is 1. The molecular weight excluding hydrogens is 222 g/mol. The van der Waals surface area contributed by atoms with Crippen molar-refractivity contribution < 1.29 is 19.4 Å². The third-order valence-corrected chi connectivity index (χ3v) is 2.32. The van der Waals surface area contributed by atoms with E-state index in [2.05, 4.69) is 16.6 Å². The second-order valence-electron chi connectivity index (χ2n) is 3.90. The second kappa shape index (κ2) is 8.75. The molecule has 0 rings (SSSR count). The van der Waals surface area contributed by atoms with E-state index in [-0.39, 0.29) is 19.1 Å². The molecule has 0 spiro atoms. The molecule has 0 bridgehead atoms. The third kappa shape index (κ3) is 6.73. The zero-order valence-electron chi connectivity index (χ0n) is 10.4. The molecule has 2 unspecified atom stereocenters. The fourth-order valence-electron chi connectivity index (χ4n) is 1.34. The molecule has 0 fully saturated rings. The first-order valence-electron chi connectivity index (χ1n) is 5.75. The van der Waals surface area contributed by atoms with Gasteiger partial charge in [0.15, 0.2) is 0 Å². The van der Waals surface area contributed by atoms with Gasteiger partial charge in [-0.05, 0) is 12.3 Å². The Morgan fingerprint density at radius 1 is 1.53 bits per heavy atom. The number of carbonyl (C=O) groups excluding carboxylic acids is 2. The van der Waals surface area contributed by atoms with Crippen molar-refractivity contribution in [2.75, 3.05) is 13.2 Å². The predicted molar refractivity (Wildman–Crippen MR) is 64.2 cm³/mol. The van der Waals surface area contributed by atoms with Gasteiger partial charge in [-0.25, -0.2) is 0 Å². The highest BCUT2D eigenvalue weighted by Crippen LogP contribution is 2.10. The van der Waals surface area contributed by atoms with E-state index in [0.717, 1.165) is 12.8 Å². The second-order valence-corrected chi connectivity index (χ2v) is 3.90. The normalized spacial score (nSPS) is 13.6. The van der Waals surface area contributed by atoms with Gasteiger partial charge in [0, 0.05) is 0 Å². The molecule has 98 valence electrons. The maximum atomic E-state index is 11.4. The average Bonchev–Trinajstić information content (AvgIpc) is 2.32. The van der Waals surface area contributed by atoms with Crippen molar-refractivity contribution in [1.82, 2.24) is 5.32 Å². The minimum Gasteiger partial charge on any atom is -0.460 e. The number of amides is 1. The molecule has 0 saturated heterocycles. The van der Waals surface area contributed by atoms with Crippen molar-refractivity contribution in [1.29, 1.82) is 0 Å². The lowest BCUT2D eigenvalue weighted by molar-refractivity contribution is -0.144. The zero-order valence-corrected chi connectivity index (χ0v) is 10.4. The molecule has 1 amide bonds. The van der Waals surface area contributed by atoms with E-state index in [1.807, 2.05) is 6.92 Å². The molecule has 0 aliphatic carbocycles. The molecule has 17 heavy (non-hydrogen) atoms. The van der Waals surface area contributed by atoms with Crippen molar-refractivity contribution in [2.45, 2.75) is 32.8 Å². The van der Waals surface area contributed by atoms with Gasteiger partial charge < -0.3 is 15.2 Å². The average molecular weight is 243 g/mol. The van der Waals surface area contributed by atoms with Crippen LogP contribution in [0.3, 0.4) is 0 Å². The van der Waals surface area contributed by atoms with Crippen LogP contribution in [0.5, 0.6) is 0 Å². The van der Waals surface area contributed by atoms with Gasteiger partial charge in [0.25, 0.3) is 0 Å². The highest BCUT2D eigenvalue weighted by molar-refractivity contribution is 5.84. The molecule has 0 aromatic rings. The lowest BCUT2D eigenvalue weighted by atomic mass is 9.99. The Kier molecular flexibility index (Phi) is 8.05. The Balaban J connectivity index is 3.92. The number of aliphatic hydroxyl groups excluding tert-OH is 1. The Hall–Kier alpha value is -1.36. The number of carbonyl (C=O) groups is 2. The fourth-order valence-corrected chi connectivity index (χ4v) is 1.34. The largest absolute Gasteiger partial charge is 0.460 e. The van der Waals surface area contributed by atoms with Gasteiger partial charge in [0.1, 0.15) is 19.3 Å². The fraction of sp³-hybridized carbons (Fsp3) is 0.667. The molecule has 0 saturated carbocycles. The summed E-state index contributed by atoms with van der Waals surface area (Å²) in [6, 6.07) is 0. The molecule has 0 aromatic carbocycles. The highest BCUT2D eigenvalue weighted by Gasteiger charge is 2.21. The summed E-state index contributed by atoms with van der Waals surface area (Å²) >= 11 is 0. The Labute approximate surface area is 102 Å². The first-order valence-corrected chi connectivity index (χ1v) is 5.75. The minimum atomic E-state index is -1.08. The molecule has 0 radical (unpaired) electrons. The van der Waals surface area contributed by atoms with Gasteiger partial charge in [-0.3, -0.25) is 9.59 Å². The van der Waals surface area contributed by atoms with Crippen molar-refractivity contribution >= 4 is 11.9 Å². The third-order valence-electron chi connectivity index (χ3n) is 2.32. The number of esters is 1. The van der Waals surface area contributed by atoms with E-state index in [9.17, 15) is 14.7 Å². The highest BCUT2D eigenvalue weighted by atomic mass is 16.5. The summed E-state index contributed by atoms with van der Waals surface area (Å²) in [7, 11) is 0. The Morgan fingerprint density at radius 2 is 2.18 bits per heavy atom. The summed E-state index contributed by atoms with van der Waals surface area (Å²) in [5, 5.41) is 12.0. The van der Waals surface area contributed by atoms with Gasteiger partial charge in [-0.1, -0.05) is 32.9 Å². The monoisotopic (exact) mass is 243 g/mol. The molecule has 0 aromatic heterocycles. The molecular formula is C12H21NO4. The van der Waals surface area contributed by atoms with E-state index in [4.69, 9.17) is 0 Å². The summed E-state index contributed by atoms with van der Waals surface area (Å²) in [6.45, 7) is 7.05. The standard InChI is InChI=1S/C12H21NO4/c1-4-6-9(3)11(15)12(16)13-8-10(14)17-7-5-2/h5,9,11,15H,2,4,6-8H2,1,3H3,(H,13,16). The van der Waals surface area contributed by atoms with E-state index >= 15 is 0 Å². The summed E-state index contributed by atoms with van der Waals surface area (Å²) in [4.78, 5) is 22.5. The van der Waals surface area contributed by atoms with Gasteiger partial charge in [-0.2, -0.15) is 0 Å². The summed E-state index contributed by atoms with van der Waals surface area (Å²) < 4.78 is 4.68. The Morgan fingerprint density at radius 3 is 2.71 bits per heavy atom. The van der Waals surface area contributed by atoms with Crippen molar-refractivity contribution in [3.63, 3.8) is 0 Å². The Bertz CT molecular complexity index is 265. The lowest BCUT2D eigenvalue weighted by Crippen LogP contribution is -2.41. The maximum Gasteiger partial charge on any atom is 0.325 e. The van der Waals surface area contributed by atoms with Gasteiger partial charge >= 0.3 is 5.97 Å². The van der Waals surface area contributed by atoms with E-state index in [0.29, 0.717) is 0 Å². The molecule has 0 aliphatic rings. The van der Waals surface area contributed by atoms with Gasteiger partial charge in [0.05, 0.1) is 0 Å². The minimum absolute atomic E-state index is 0.115. The number of aliphatic hydroxyl groups is 1. The van der Waals surface area contributed by atoms with Crippen LogP contribution < -0.4 is 5.32 Å². The van der Waals surface area contributed by atoms with E-state index in [1.54, 1.807) is 6.92 Å². The molecule has 0 heterocycles. The molecule has 2 N–H and O–H groups in total. The van der Waals surface area contributed by atoms with Crippen LogP contribution in [0.1, 0.15) is 26.7 Å². The van der Waals surface area contributed by atoms with Crippen LogP contribution in [0, 0.1) is 5.92 Å². The lowest BCUT2D eigenvalue weighted by Gasteiger charge is -2.17. The number of hydrogen-bond acceptors (Lipinski definition) is 4. The maximum absolute atomic E-state index is 11.4. The van der Waals surface area contributed by atoms with Crippen LogP contribution in [0.15, 0.2) is 12.7 Å². The van der Waals surface area contributed by atoms with Crippen LogP contribution in [0.25, 0.3) is 0 Å². The van der Waals surface area contributed by atoms with Crippen LogP contribution >= 0.6 is 0 Å². The molecule has 5 heteroatoms. The predicted octanol–water partition coefficient (Wildman–Crippen LogP) is 0.629. The molecule has 2 atom stereocenters. The molecule has 0 aliphatic heterocycles. The van der Waals surface area contributed by atoms with Crippen molar-refractivity contribution in [3.8, 4) is 0 Å². The van der Waals surface area contributed by atoms with Gasteiger partial charge in [0.2, 0.25) is 5.91 Å². The number of nitrogens with one attached hydrogen (secondary N) is 1. The number of hydrogen-bond donors (Lipinski definition) is 2. The smallest absolute Gasteiger partial charge is 0.325 e. The zero-order chi connectivity index (χ0) is 13.3. The van der Waals surface area contributed by atoms with Crippen LogP contribution in [-0.2, 0) is 14.3 Å². The quantitative estimate of drug-likeness (QED) is 0.484. The topological polar surface area (TPSA) is 75.6 Å².